The van der Waals surface area contributed by atoms with Crippen LogP contribution in [0, 0.1) is 18.8 Å². The molecule has 6 rings (SSSR count). The fourth-order valence-electron chi connectivity index (χ4n) is 6.85. The molecule has 2 saturated heterocycles. The standard InChI is InChI=1S/C27H29N3O3/c1-15-11-13-16(14-12-15)29-24(31)20-21(25(29)32)27(33-6)23-19(22(20)30(27)26(2,3)4)17-9-7-8-10-18(17)28(23)5/h7-14,20-22H,1-6H3/t20-,21-,22-,27+/m1/s1. The van der Waals surface area contributed by atoms with E-state index in [0.29, 0.717) is 5.69 Å². The number of methoxy groups -OCH3 is 1. The summed E-state index contributed by atoms with van der Waals surface area (Å²) in [6.45, 7) is 8.40. The van der Waals surface area contributed by atoms with Gasteiger partial charge in [0.1, 0.15) is 5.92 Å². The van der Waals surface area contributed by atoms with Crippen LogP contribution >= 0.6 is 0 Å². The fraction of sp³-hybridized carbons (Fsp3) is 0.407. The first-order valence-electron chi connectivity index (χ1n) is 11.5. The number of aromatic nitrogens is 1. The van der Waals surface area contributed by atoms with Gasteiger partial charge in [0, 0.05) is 36.2 Å². The van der Waals surface area contributed by atoms with Gasteiger partial charge in [-0.05, 0) is 45.9 Å². The van der Waals surface area contributed by atoms with Gasteiger partial charge >= 0.3 is 0 Å². The number of hydrogen-bond donors (Lipinski definition) is 0. The molecule has 3 aliphatic heterocycles. The number of amides is 2. The molecule has 170 valence electrons. The van der Waals surface area contributed by atoms with Crippen LogP contribution in [0.4, 0.5) is 5.69 Å². The molecule has 4 heterocycles. The fourth-order valence-corrected chi connectivity index (χ4v) is 6.85. The predicted molar refractivity (Wildman–Crippen MR) is 127 cm³/mol. The van der Waals surface area contributed by atoms with Gasteiger partial charge in [0.2, 0.25) is 11.8 Å². The Kier molecular flexibility index (Phi) is 3.96. The molecule has 0 N–H and O–H groups in total. The lowest BCUT2D eigenvalue weighted by atomic mass is 9.77. The first-order chi connectivity index (χ1) is 15.6. The Bertz CT molecular complexity index is 1330. The number of carbonyl (C=O) groups excluding carboxylic acids is 2. The lowest BCUT2D eigenvalue weighted by molar-refractivity contribution is -0.183. The lowest BCUT2D eigenvalue weighted by Crippen LogP contribution is -2.55. The van der Waals surface area contributed by atoms with Crippen molar-refractivity contribution >= 4 is 28.4 Å². The van der Waals surface area contributed by atoms with Crippen LogP contribution < -0.4 is 4.90 Å². The van der Waals surface area contributed by atoms with Gasteiger partial charge in [-0.1, -0.05) is 35.9 Å². The van der Waals surface area contributed by atoms with Crippen molar-refractivity contribution in [3.63, 3.8) is 0 Å². The van der Waals surface area contributed by atoms with E-state index in [1.165, 1.54) is 4.90 Å². The van der Waals surface area contributed by atoms with E-state index < -0.39 is 17.6 Å². The minimum atomic E-state index is -1.01. The van der Waals surface area contributed by atoms with Gasteiger partial charge in [0.25, 0.3) is 0 Å². The maximum atomic E-state index is 14.0. The second-order valence-corrected chi connectivity index (χ2v) is 10.6. The van der Waals surface area contributed by atoms with Crippen LogP contribution in [0.3, 0.4) is 0 Å². The lowest BCUT2D eigenvalue weighted by Gasteiger charge is -2.45. The number of ether oxygens (including phenoxy) is 1. The van der Waals surface area contributed by atoms with Gasteiger partial charge in [0.15, 0.2) is 5.72 Å². The zero-order chi connectivity index (χ0) is 23.4. The van der Waals surface area contributed by atoms with Crippen molar-refractivity contribution in [1.29, 1.82) is 0 Å². The molecule has 0 saturated carbocycles. The minimum absolute atomic E-state index is 0.134. The Hall–Kier alpha value is -2.96. The van der Waals surface area contributed by atoms with E-state index in [1.807, 2.05) is 50.4 Å². The van der Waals surface area contributed by atoms with Crippen molar-refractivity contribution in [2.75, 3.05) is 12.0 Å². The highest BCUT2D eigenvalue weighted by Gasteiger charge is 2.77. The molecule has 0 radical (unpaired) electrons. The third kappa shape index (κ3) is 2.25. The summed E-state index contributed by atoms with van der Waals surface area (Å²) in [5.74, 6) is -1.40. The minimum Gasteiger partial charge on any atom is -0.357 e. The largest absolute Gasteiger partial charge is 0.357 e. The highest BCUT2D eigenvalue weighted by atomic mass is 16.5. The smallest absolute Gasteiger partial charge is 0.242 e. The molecule has 4 atom stereocenters. The number of benzene rings is 2. The van der Waals surface area contributed by atoms with Gasteiger partial charge in [-0.15, -0.1) is 0 Å². The van der Waals surface area contributed by atoms with Crippen LogP contribution in [0.25, 0.3) is 10.9 Å². The number of aryl methyl sites for hydroxylation is 2. The zero-order valence-corrected chi connectivity index (χ0v) is 19.9. The van der Waals surface area contributed by atoms with Crippen LogP contribution in [-0.4, -0.2) is 33.9 Å². The van der Waals surface area contributed by atoms with Gasteiger partial charge in [-0.25, -0.2) is 4.90 Å². The van der Waals surface area contributed by atoms with Crippen molar-refractivity contribution < 1.29 is 14.3 Å². The molecular formula is C27H29N3O3. The molecule has 3 aromatic rings. The van der Waals surface area contributed by atoms with Crippen molar-refractivity contribution in [2.45, 2.75) is 45.0 Å². The van der Waals surface area contributed by atoms with Crippen LogP contribution in [0.1, 0.15) is 43.6 Å². The highest BCUT2D eigenvalue weighted by Crippen LogP contribution is 2.69. The third-order valence-electron chi connectivity index (χ3n) is 7.86. The molecule has 6 nitrogen and oxygen atoms in total. The van der Waals surface area contributed by atoms with Crippen LogP contribution in [0.5, 0.6) is 0 Å². The van der Waals surface area contributed by atoms with Crippen molar-refractivity contribution in [3.05, 3.63) is 65.4 Å². The molecule has 1 aromatic heterocycles. The van der Waals surface area contributed by atoms with Crippen molar-refractivity contribution in [3.8, 4) is 0 Å². The average molecular weight is 444 g/mol. The molecule has 2 fully saturated rings. The van der Waals surface area contributed by atoms with Crippen molar-refractivity contribution in [1.82, 2.24) is 9.47 Å². The molecule has 0 unspecified atom stereocenters. The maximum Gasteiger partial charge on any atom is 0.242 e. The number of anilines is 1. The van der Waals surface area contributed by atoms with Crippen LogP contribution in [0.2, 0.25) is 0 Å². The molecule has 3 aliphatic rings. The van der Waals surface area contributed by atoms with Crippen molar-refractivity contribution in [2.24, 2.45) is 18.9 Å². The second kappa shape index (κ2) is 6.33. The van der Waals surface area contributed by atoms with Crippen LogP contribution in [0.15, 0.2) is 48.5 Å². The highest BCUT2D eigenvalue weighted by molar-refractivity contribution is 6.23. The number of carbonyl (C=O) groups is 2. The van der Waals surface area contributed by atoms with E-state index in [0.717, 1.165) is 27.7 Å². The van der Waals surface area contributed by atoms with Crippen LogP contribution in [-0.2, 0) is 27.1 Å². The number of fused-ring (bicyclic) bond motifs is 10. The van der Waals surface area contributed by atoms with E-state index in [4.69, 9.17) is 4.74 Å². The molecule has 6 heteroatoms. The Morgan fingerprint density at radius 2 is 1.64 bits per heavy atom. The number of hydrogen-bond acceptors (Lipinski definition) is 4. The normalized spacial score (nSPS) is 28.8. The molecule has 2 bridgehead atoms. The Morgan fingerprint density at radius 1 is 0.970 bits per heavy atom. The Balaban J connectivity index is 1.63. The summed E-state index contributed by atoms with van der Waals surface area (Å²) in [5, 5.41) is 1.13. The number of imide groups is 1. The first-order valence-corrected chi connectivity index (χ1v) is 11.5. The average Bonchev–Trinajstić information content (AvgIpc) is 3.44. The van der Waals surface area contributed by atoms with Gasteiger partial charge in [-0.2, -0.15) is 0 Å². The summed E-state index contributed by atoms with van der Waals surface area (Å²) in [6, 6.07) is 15.6. The summed E-state index contributed by atoms with van der Waals surface area (Å²) in [7, 11) is 3.72. The van der Waals surface area contributed by atoms with Gasteiger partial charge in [0.05, 0.1) is 23.3 Å². The quantitative estimate of drug-likeness (QED) is 0.556. The zero-order valence-electron chi connectivity index (χ0n) is 19.9. The third-order valence-corrected chi connectivity index (χ3v) is 7.86. The summed E-state index contributed by atoms with van der Waals surface area (Å²) in [4.78, 5) is 31.7. The van der Waals surface area contributed by atoms with E-state index in [2.05, 4.69) is 42.4 Å². The summed E-state index contributed by atoms with van der Waals surface area (Å²) in [6.07, 6.45) is 0. The summed E-state index contributed by atoms with van der Waals surface area (Å²) in [5.41, 5.74) is 3.61. The van der Waals surface area contributed by atoms with E-state index in [-0.39, 0.29) is 23.4 Å². The number of nitrogens with zero attached hydrogens (tertiary/aromatic N) is 3. The van der Waals surface area contributed by atoms with E-state index in [1.54, 1.807) is 7.11 Å². The monoisotopic (exact) mass is 443 g/mol. The summed E-state index contributed by atoms with van der Waals surface area (Å²) >= 11 is 0. The molecule has 33 heavy (non-hydrogen) atoms. The number of rotatable bonds is 2. The molecule has 2 aromatic carbocycles. The molecule has 0 aliphatic carbocycles. The van der Waals surface area contributed by atoms with Gasteiger partial charge in [-0.3, -0.25) is 14.5 Å². The topological polar surface area (TPSA) is 54.8 Å². The van der Waals surface area contributed by atoms with E-state index >= 15 is 0 Å². The molecular weight excluding hydrogens is 414 g/mol. The number of para-hydroxylation sites is 1. The van der Waals surface area contributed by atoms with Gasteiger partial charge < -0.3 is 9.30 Å². The predicted octanol–water partition coefficient (Wildman–Crippen LogP) is 4.26. The van der Waals surface area contributed by atoms with E-state index in [9.17, 15) is 9.59 Å². The first kappa shape index (κ1) is 20.6. The summed E-state index contributed by atoms with van der Waals surface area (Å²) < 4.78 is 8.57. The Morgan fingerprint density at radius 3 is 2.27 bits per heavy atom. The Labute approximate surface area is 193 Å². The molecule has 0 spiro atoms. The SMILES string of the molecule is CO[C@]12c3c(c4ccccc4n3C)[C@H]([C@@H]3C(=O)N(c4ccc(C)cc4)C(=O)[C@@H]31)N2C(C)(C)C. The molecule has 2 amide bonds. The maximum absolute atomic E-state index is 14.0. The second-order valence-electron chi connectivity index (χ2n) is 10.6.